The van der Waals surface area contributed by atoms with Crippen molar-refractivity contribution in [2.45, 2.75) is 39.2 Å². The van der Waals surface area contributed by atoms with Crippen molar-refractivity contribution in [3.8, 4) is 0 Å². The summed E-state index contributed by atoms with van der Waals surface area (Å²) in [5, 5.41) is 3.88. The van der Waals surface area contributed by atoms with Crippen LogP contribution in [0.5, 0.6) is 0 Å². The lowest BCUT2D eigenvalue weighted by atomic mass is 9.95. The van der Waals surface area contributed by atoms with Crippen LogP contribution in [0.2, 0.25) is 5.15 Å². The van der Waals surface area contributed by atoms with Gasteiger partial charge in [-0.1, -0.05) is 23.7 Å². The molecule has 8 nitrogen and oxygen atoms in total. The maximum absolute atomic E-state index is 13.7. The first-order chi connectivity index (χ1) is 17.8. The van der Waals surface area contributed by atoms with Gasteiger partial charge in [0, 0.05) is 38.0 Å². The number of nitrogens with zero attached hydrogens (tertiary/aromatic N) is 3. The van der Waals surface area contributed by atoms with Gasteiger partial charge in [0.15, 0.2) is 0 Å². The number of carbonyl (C=O) groups is 3. The van der Waals surface area contributed by atoms with Crippen LogP contribution >= 0.6 is 11.6 Å². The van der Waals surface area contributed by atoms with E-state index < -0.39 is 11.9 Å². The Morgan fingerprint density at radius 2 is 1.95 bits per heavy atom. The third-order valence-corrected chi connectivity index (χ3v) is 7.04. The van der Waals surface area contributed by atoms with Crippen molar-refractivity contribution in [2.24, 2.45) is 5.92 Å². The largest absolute Gasteiger partial charge is 0.349 e. The van der Waals surface area contributed by atoms with Gasteiger partial charge in [-0.05, 0) is 56.5 Å². The van der Waals surface area contributed by atoms with E-state index in [2.05, 4.69) is 15.3 Å². The third-order valence-electron chi connectivity index (χ3n) is 6.83. The van der Waals surface area contributed by atoms with Gasteiger partial charge in [-0.15, -0.1) is 0 Å². The molecule has 37 heavy (non-hydrogen) atoms. The number of piperidine rings is 1. The Labute approximate surface area is 220 Å². The summed E-state index contributed by atoms with van der Waals surface area (Å²) in [6, 6.07) is 8.25. The number of hydrogen-bond donors (Lipinski definition) is 2. The number of pyridine rings is 1. The van der Waals surface area contributed by atoms with E-state index in [0.717, 1.165) is 11.8 Å². The summed E-state index contributed by atoms with van der Waals surface area (Å²) in [7, 11) is 0. The molecule has 3 amide bonds. The van der Waals surface area contributed by atoms with Crippen LogP contribution in [0.15, 0.2) is 42.6 Å². The molecule has 2 N–H and O–H groups in total. The van der Waals surface area contributed by atoms with Crippen molar-refractivity contribution in [3.63, 3.8) is 0 Å². The number of halogens is 2. The second-order valence-corrected chi connectivity index (χ2v) is 9.66. The van der Waals surface area contributed by atoms with Crippen molar-refractivity contribution >= 4 is 40.2 Å². The van der Waals surface area contributed by atoms with Gasteiger partial charge < -0.3 is 20.1 Å². The number of carbonyl (C=O) groups excluding carboxylic acids is 3. The first-order valence-electron chi connectivity index (χ1n) is 12.6. The summed E-state index contributed by atoms with van der Waals surface area (Å²) in [4.78, 5) is 50.3. The Kier molecular flexibility index (Phi) is 8.43. The number of H-pyrrole nitrogens is 1. The molecule has 2 aromatic heterocycles. The first-order valence-corrected chi connectivity index (χ1v) is 12.9. The molecule has 0 radical (unpaired) electrons. The average molecular weight is 528 g/mol. The van der Waals surface area contributed by atoms with E-state index in [1.165, 1.54) is 18.3 Å². The number of hydrogen-bond acceptors (Lipinski definition) is 4. The molecule has 1 aliphatic heterocycles. The number of aromatic amines is 1. The first kappa shape index (κ1) is 26.6. The van der Waals surface area contributed by atoms with Crippen molar-refractivity contribution in [1.29, 1.82) is 0 Å². The van der Waals surface area contributed by atoms with E-state index in [4.69, 9.17) is 11.6 Å². The fourth-order valence-corrected chi connectivity index (χ4v) is 4.98. The predicted molar refractivity (Wildman–Crippen MR) is 140 cm³/mol. The number of amides is 3. The number of aromatic nitrogens is 2. The van der Waals surface area contributed by atoms with E-state index in [-0.39, 0.29) is 35.7 Å². The van der Waals surface area contributed by atoms with E-state index in [0.29, 0.717) is 48.8 Å². The van der Waals surface area contributed by atoms with Crippen LogP contribution in [0.4, 0.5) is 4.39 Å². The van der Waals surface area contributed by atoms with Gasteiger partial charge in [0.1, 0.15) is 22.7 Å². The highest BCUT2D eigenvalue weighted by molar-refractivity contribution is 6.30. The fourth-order valence-electron chi connectivity index (χ4n) is 4.81. The summed E-state index contributed by atoms with van der Waals surface area (Å²) >= 11 is 5.96. The second kappa shape index (κ2) is 11.7. The summed E-state index contributed by atoms with van der Waals surface area (Å²) < 4.78 is 13.5. The number of rotatable bonds is 8. The molecule has 1 unspecified atom stereocenters. The van der Waals surface area contributed by atoms with Crippen LogP contribution in [0.1, 0.15) is 42.7 Å². The van der Waals surface area contributed by atoms with Gasteiger partial charge in [-0.2, -0.15) is 0 Å². The van der Waals surface area contributed by atoms with Crippen LogP contribution in [0.3, 0.4) is 0 Å². The molecule has 1 aromatic carbocycles. The lowest BCUT2D eigenvalue weighted by molar-refractivity contribution is -0.141. The molecule has 1 aliphatic rings. The van der Waals surface area contributed by atoms with Crippen molar-refractivity contribution < 1.29 is 18.8 Å². The molecule has 2 atom stereocenters. The van der Waals surface area contributed by atoms with Crippen LogP contribution in [0, 0.1) is 11.7 Å². The lowest BCUT2D eigenvalue weighted by Gasteiger charge is -2.36. The van der Waals surface area contributed by atoms with Crippen LogP contribution in [0.25, 0.3) is 10.9 Å². The van der Waals surface area contributed by atoms with Crippen LogP contribution in [-0.2, 0) is 16.0 Å². The number of benzene rings is 1. The smallest absolute Gasteiger partial charge is 0.268 e. The Hall–Kier alpha value is -3.46. The van der Waals surface area contributed by atoms with Gasteiger partial charge in [0.25, 0.3) is 5.91 Å². The van der Waals surface area contributed by atoms with Gasteiger partial charge in [0.05, 0.1) is 17.6 Å². The van der Waals surface area contributed by atoms with Crippen LogP contribution in [-0.4, -0.2) is 69.7 Å². The highest BCUT2D eigenvalue weighted by atomic mass is 35.5. The zero-order valence-electron chi connectivity index (χ0n) is 21.0. The minimum atomic E-state index is -0.895. The quantitative estimate of drug-likeness (QED) is 0.435. The molecule has 3 aromatic rings. The number of fused-ring (bicyclic) bond motifs is 1. The molecule has 0 saturated carbocycles. The Bertz CT molecular complexity index is 1270. The van der Waals surface area contributed by atoms with E-state index in [1.807, 2.05) is 13.8 Å². The van der Waals surface area contributed by atoms with E-state index in [9.17, 15) is 18.8 Å². The van der Waals surface area contributed by atoms with Gasteiger partial charge in [-0.3, -0.25) is 14.4 Å². The van der Waals surface area contributed by atoms with E-state index in [1.54, 1.807) is 34.1 Å². The molecule has 3 heterocycles. The maximum atomic E-state index is 13.7. The molecule has 0 bridgehead atoms. The monoisotopic (exact) mass is 527 g/mol. The molecule has 1 fully saturated rings. The van der Waals surface area contributed by atoms with Gasteiger partial charge in [-0.25, -0.2) is 9.37 Å². The van der Waals surface area contributed by atoms with E-state index >= 15 is 0 Å². The highest BCUT2D eigenvalue weighted by Crippen LogP contribution is 2.22. The minimum absolute atomic E-state index is 0.0481. The molecular weight excluding hydrogens is 497 g/mol. The lowest BCUT2D eigenvalue weighted by Crippen LogP contribution is -2.54. The molecule has 196 valence electrons. The Morgan fingerprint density at radius 3 is 2.65 bits per heavy atom. The molecular formula is C27H31ClFN5O3. The predicted octanol–water partition coefficient (Wildman–Crippen LogP) is 3.80. The van der Waals surface area contributed by atoms with Crippen molar-refractivity contribution in [3.05, 3.63) is 64.8 Å². The summed E-state index contributed by atoms with van der Waals surface area (Å²) in [6.07, 6.45) is 3.15. The number of likely N-dealkylation sites (tertiary alicyclic amines) is 1. The highest BCUT2D eigenvalue weighted by Gasteiger charge is 2.34. The maximum Gasteiger partial charge on any atom is 0.268 e. The second-order valence-electron chi connectivity index (χ2n) is 9.27. The normalized spacial score (nSPS) is 16.4. The zero-order chi connectivity index (χ0) is 26.5. The third kappa shape index (κ3) is 6.28. The number of nitrogens with one attached hydrogen (secondary N) is 2. The summed E-state index contributed by atoms with van der Waals surface area (Å²) in [5.74, 6) is -1.33. The SMILES string of the molecule is CCN(CC)C(=O)C1CCCN(C(=O)[C@H](Cc2ccc(F)cc2)NC(=O)c2cc3cc(Cl)ncc3[nH]2)C1. The minimum Gasteiger partial charge on any atom is -0.349 e. The Morgan fingerprint density at radius 1 is 1.22 bits per heavy atom. The fraction of sp³-hybridized carbons (Fsp3) is 0.407. The Balaban J connectivity index is 1.55. The van der Waals surface area contributed by atoms with Gasteiger partial charge >= 0.3 is 0 Å². The van der Waals surface area contributed by atoms with Gasteiger partial charge in [0.2, 0.25) is 11.8 Å². The standard InChI is InChI=1S/C27H31ClFN5O3/c1-3-33(4-2)26(36)18-6-5-11-34(16-18)27(37)22(12-17-7-9-20(29)10-8-17)32-25(35)21-13-19-14-24(28)30-15-23(19)31-21/h7-10,13-15,18,22,31H,3-6,11-12,16H2,1-2H3,(H,32,35)/t18?,22-/m0/s1. The molecule has 4 rings (SSSR count). The molecule has 0 aliphatic carbocycles. The van der Waals surface area contributed by atoms with Crippen LogP contribution < -0.4 is 5.32 Å². The van der Waals surface area contributed by atoms with Crippen molar-refractivity contribution in [1.82, 2.24) is 25.1 Å². The topological polar surface area (TPSA) is 98.4 Å². The summed E-state index contributed by atoms with van der Waals surface area (Å²) in [5.41, 5.74) is 1.62. The van der Waals surface area contributed by atoms with Crippen molar-refractivity contribution in [2.75, 3.05) is 26.2 Å². The zero-order valence-corrected chi connectivity index (χ0v) is 21.7. The molecule has 10 heteroatoms. The average Bonchev–Trinajstić information content (AvgIpc) is 3.33. The summed E-state index contributed by atoms with van der Waals surface area (Å²) in [6.45, 7) is 5.93. The molecule has 0 spiro atoms. The molecule has 1 saturated heterocycles.